The van der Waals surface area contributed by atoms with Gasteiger partial charge in [-0.05, 0) is 37.0 Å². The van der Waals surface area contributed by atoms with Crippen LogP contribution in [0.3, 0.4) is 0 Å². The summed E-state index contributed by atoms with van der Waals surface area (Å²) in [5.74, 6) is 1.06. The van der Waals surface area contributed by atoms with Gasteiger partial charge in [0.1, 0.15) is 6.33 Å². The van der Waals surface area contributed by atoms with Crippen LogP contribution < -0.4 is 5.32 Å². The van der Waals surface area contributed by atoms with Gasteiger partial charge in [0, 0.05) is 11.6 Å². The Hall–Kier alpha value is -1.53. The lowest BCUT2D eigenvalue weighted by molar-refractivity contribution is -0.118. The zero-order valence-corrected chi connectivity index (χ0v) is 12.9. The summed E-state index contributed by atoms with van der Waals surface area (Å²) >= 11 is 7.36. The monoisotopic (exact) mass is 322 g/mol. The van der Waals surface area contributed by atoms with Crippen LogP contribution in [0.2, 0.25) is 5.02 Å². The van der Waals surface area contributed by atoms with E-state index < -0.39 is 0 Å². The molecule has 1 aliphatic rings. The lowest BCUT2D eigenvalue weighted by atomic mass is 10.3. The molecular formula is C14H15ClN4OS. The Kier molecular flexibility index (Phi) is 4.45. The van der Waals surface area contributed by atoms with Crippen molar-refractivity contribution in [2.45, 2.75) is 18.0 Å². The van der Waals surface area contributed by atoms with Crippen molar-refractivity contribution >= 4 is 29.3 Å². The number of carbonyl (C=O) groups is 1. The van der Waals surface area contributed by atoms with E-state index in [1.54, 1.807) is 6.33 Å². The van der Waals surface area contributed by atoms with Crippen LogP contribution in [0.15, 0.2) is 35.7 Å². The maximum atomic E-state index is 11.8. The number of thioether (sulfide) groups is 1. The van der Waals surface area contributed by atoms with Crippen molar-refractivity contribution in [3.63, 3.8) is 0 Å². The molecule has 0 saturated heterocycles. The largest absolute Gasteiger partial charge is 0.355 e. The van der Waals surface area contributed by atoms with Gasteiger partial charge in [-0.2, -0.15) is 0 Å². The summed E-state index contributed by atoms with van der Waals surface area (Å²) in [5.41, 5.74) is 0.883. The highest BCUT2D eigenvalue weighted by molar-refractivity contribution is 7.99. The number of nitrogens with one attached hydrogen (secondary N) is 1. The molecule has 0 bridgehead atoms. The first-order valence-corrected chi connectivity index (χ1v) is 8.14. The van der Waals surface area contributed by atoms with E-state index in [9.17, 15) is 4.79 Å². The van der Waals surface area contributed by atoms with Gasteiger partial charge in [-0.1, -0.05) is 29.4 Å². The van der Waals surface area contributed by atoms with Gasteiger partial charge in [-0.15, -0.1) is 10.2 Å². The summed E-state index contributed by atoms with van der Waals surface area (Å²) in [7, 11) is 0. The smallest absolute Gasteiger partial charge is 0.230 e. The van der Waals surface area contributed by atoms with E-state index in [2.05, 4.69) is 15.5 Å². The number of amides is 1. The molecule has 0 aliphatic heterocycles. The second-order valence-corrected chi connectivity index (χ2v) is 6.38. The minimum atomic E-state index is 0.0348. The zero-order valence-electron chi connectivity index (χ0n) is 11.3. The van der Waals surface area contributed by atoms with Crippen LogP contribution in [-0.4, -0.2) is 33.0 Å². The quantitative estimate of drug-likeness (QED) is 0.830. The molecule has 1 aliphatic carbocycles. The predicted molar refractivity (Wildman–Crippen MR) is 82.8 cm³/mol. The van der Waals surface area contributed by atoms with E-state index in [1.165, 1.54) is 24.6 Å². The highest BCUT2D eigenvalue weighted by Crippen LogP contribution is 2.27. The summed E-state index contributed by atoms with van der Waals surface area (Å²) in [5, 5.41) is 12.2. The van der Waals surface area contributed by atoms with Crippen LogP contribution in [0.4, 0.5) is 0 Å². The molecule has 2 aromatic rings. The number of rotatable bonds is 6. The third kappa shape index (κ3) is 3.98. The number of hydrogen-bond donors (Lipinski definition) is 1. The average molecular weight is 323 g/mol. The van der Waals surface area contributed by atoms with Crippen molar-refractivity contribution in [1.82, 2.24) is 20.1 Å². The molecule has 0 radical (unpaired) electrons. The van der Waals surface area contributed by atoms with Crippen LogP contribution in [0.1, 0.15) is 12.8 Å². The topological polar surface area (TPSA) is 59.8 Å². The van der Waals surface area contributed by atoms with E-state index in [1.807, 2.05) is 28.8 Å². The molecule has 7 heteroatoms. The van der Waals surface area contributed by atoms with Gasteiger partial charge in [0.05, 0.1) is 11.4 Å². The molecule has 0 atom stereocenters. The molecule has 1 N–H and O–H groups in total. The molecule has 0 unspecified atom stereocenters. The van der Waals surface area contributed by atoms with Crippen molar-refractivity contribution in [3.8, 4) is 5.69 Å². The minimum absolute atomic E-state index is 0.0348. The first kappa shape index (κ1) is 14.4. The lowest BCUT2D eigenvalue weighted by Gasteiger charge is -2.07. The molecule has 1 amide bonds. The third-order valence-corrected chi connectivity index (χ3v) is 4.40. The van der Waals surface area contributed by atoms with Gasteiger partial charge in [-0.3, -0.25) is 9.36 Å². The molecule has 1 fully saturated rings. The van der Waals surface area contributed by atoms with Gasteiger partial charge in [0.2, 0.25) is 5.91 Å². The second-order valence-electron chi connectivity index (χ2n) is 5.00. The highest BCUT2D eigenvalue weighted by atomic mass is 35.5. The molecule has 0 spiro atoms. The molecule has 21 heavy (non-hydrogen) atoms. The molecule has 1 saturated carbocycles. The Morgan fingerprint density at radius 3 is 3.10 bits per heavy atom. The Bertz CT molecular complexity index is 641. The van der Waals surface area contributed by atoms with Gasteiger partial charge in [0.15, 0.2) is 5.16 Å². The summed E-state index contributed by atoms with van der Waals surface area (Å²) in [6.07, 6.45) is 4.09. The third-order valence-electron chi connectivity index (χ3n) is 3.22. The van der Waals surface area contributed by atoms with Gasteiger partial charge in [-0.25, -0.2) is 0 Å². The van der Waals surface area contributed by atoms with Crippen LogP contribution in [-0.2, 0) is 4.79 Å². The Labute approximate surface area is 132 Å². The first-order valence-electron chi connectivity index (χ1n) is 6.78. The highest BCUT2D eigenvalue weighted by Gasteiger charge is 2.21. The summed E-state index contributed by atoms with van der Waals surface area (Å²) in [4.78, 5) is 11.8. The maximum absolute atomic E-state index is 11.8. The predicted octanol–water partition coefficient (Wildman–Crippen LogP) is 2.54. The minimum Gasteiger partial charge on any atom is -0.355 e. The van der Waals surface area contributed by atoms with E-state index in [0.29, 0.717) is 21.8 Å². The summed E-state index contributed by atoms with van der Waals surface area (Å²) in [6, 6.07) is 7.44. The van der Waals surface area contributed by atoms with Crippen molar-refractivity contribution in [2.24, 2.45) is 5.92 Å². The molecular weight excluding hydrogens is 308 g/mol. The molecule has 1 aromatic heterocycles. The molecule has 1 heterocycles. The zero-order chi connectivity index (χ0) is 14.7. The Morgan fingerprint density at radius 1 is 1.48 bits per heavy atom. The molecule has 1 aromatic carbocycles. The molecule has 3 rings (SSSR count). The number of carbonyl (C=O) groups excluding carboxylic acids is 1. The SMILES string of the molecule is O=C(CSc1nncn1-c1cccc(Cl)c1)NCC1CC1. The molecule has 5 nitrogen and oxygen atoms in total. The van der Waals surface area contributed by atoms with Crippen molar-refractivity contribution < 1.29 is 4.79 Å². The van der Waals surface area contributed by atoms with Crippen molar-refractivity contribution in [3.05, 3.63) is 35.6 Å². The second kappa shape index (κ2) is 6.49. The number of hydrogen-bond acceptors (Lipinski definition) is 4. The number of nitrogens with zero attached hydrogens (tertiary/aromatic N) is 3. The number of benzene rings is 1. The van der Waals surface area contributed by atoms with Gasteiger partial charge in [0.25, 0.3) is 0 Å². The van der Waals surface area contributed by atoms with Gasteiger partial charge < -0.3 is 5.32 Å². The van der Waals surface area contributed by atoms with E-state index >= 15 is 0 Å². The fourth-order valence-corrected chi connectivity index (χ4v) is 2.83. The van der Waals surface area contributed by atoms with Crippen LogP contribution in [0.5, 0.6) is 0 Å². The average Bonchev–Trinajstić information content (AvgIpc) is 3.19. The standard InChI is InChI=1S/C14H15ClN4OS/c15-11-2-1-3-12(6-11)19-9-17-18-14(19)21-8-13(20)16-7-10-4-5-10/h1-3,6,9-10H,4-5,7-8H2,(H,16,20). The van der Waals surface area contributed by atoms with Crippen LogP contribution >= 0.6 is 23.4 Å². The van der Waals surface area contributed by atoms with Crippen LogP contribution in [0, 0.1) is 5.92 Å². The maximum Gasteiger partial charge on any atom is 0.230 e. The normalized spacial score (nSPS) is 14.1. The Balaban J connectivity index is 1.61. The van der Waals surface area contributed by atoms with Gasteiger partial charge >= 0.3 is 0 Å². The Morgan fingerprint density at radius 2 is 2.33 bits per heavy atom. The van der Waals surface area contributed by atoms with E-state index in [4.69, 9.17) is 11.6 Å². The van der Waals surface area contributed by atoms with Crippen molar-refractivity contribution in [2.75, 3.05) is 12.3 Å². The van der Waals surface area contributed by atoms with E-state index in [0.717, 1.165) is 12.2 Å². The number of halogens is 1. The fourth-order valence-electron chi connectivity index (χ4n) is 1.89. The molecule has 110 valence electrons. The fraction of sp³-hybridized carbons (Fsp3) is 0.357. The summed E-state index contributed by atoms with van der Waals surface area (Å²) in [6.45, 7) is 0.792. The summed E-state index contributed by atoms with van der Waals surface area (Å²) < 4.78 is 1.82. The lowest BCUT2D eigenvalue weighted by Crippen LogP contribution is -2.27. The number of aromatic nitrogens is 3. The van der Waals surface area contributed by atoms with E-state index in [-0.39, 0.29) is 5.91 Å². The van der Waals surface area contributed by atoms with Crippen molar-refractivity contribution in [1.29, 1.82) is 0 Å². The van der Waals surface area contributed by atoms with Crippen LogP contribution in [0.25, 0.3) is 5.69 Å². The first-order chi connectivity index (χ1) is 10.2.